The first-order chi connectivity index (χ1) is 54.8. The molecule has 0 spiro atoms. The van der Waals surface area contributed by atoms with Crippen LogP contribution in [0.3, 0.4) is 0 Å². The Bertz CT molecular complexity index is 4560. The largest absolute Gasteiger partial charge is 0.501 e. The van der Waals surface area contributed by atoms with Gasteiger partial charge in [-0.15, -0.1) is 23.1 Å². The summed E-state index contributed by atoms with van der Waals surface area (Å²) in [4.78, 5) is 88.2. The second kappa shape index (κ2) is 39.9. The Morgan fingerprint density at radius 2 is 1.43 bits per heavy atom. The van der Waals surface area contributed by atoms with E-state index < -0.39 is 70.3 Å². The van der Waals surface area contributed by atoms with Gasteiger partial charge in [-0.05, 0) is 172 Å². The molecule has 22 nitrogen and oxygen atoms in total. The first kappa shape index (κ1) is 88.4. The molecule has 4 fully saturated rings. The van der Waals surface area contributed by atoms with Crippen molar-refractivity contribution in [3.63, 3.8) is 0 Å². The highest BCUT2D eigenvalue weighted by Crippen LogP contribution is 2.45. The zero-order valence-corrected chi connectivity index (χ0v) is 71.2. The highest BCUT2D eigenvalue weighted by Gasteiger charge is 2.49. The van der Waals surface area contributed by atoms with Gasteiger partial charge in [0.05, 0.1) is 45.9 Å². The monoisotopic (exact) mass is 1680 g/mol. The first-order valence-corrected chi connectivity index (χ1v) is 45.4. The number of allylic oxidation sites excluding steroid dienone is 1. The van der Waals surface area contributed by atoms with Crippen LogP contribution >= 0.6 is 34.7 Å². The number of carbonyl (C=O) groups is 5. The molecule has 0 saturated carbocycles. The maximum atomic E-state index is 14.4. The number of hydrogen-bond acceptors (Lipinski definition) is 19. The third kappa shape index (κ3) is 24.2. The molecule has 5 heterocycles. The molecule has 5 amide bonds. The predicted molar refractivity (Wildman–Crippen MR) is 449 cm³/mol. The fraction of sp³-hybridized carbons (Fsp3) is 0.529. The molecule has 4 N–H and O–H groups in total. The van der Waals surface area contributed by atoms with Gasteiger partial charge in [-0.2, -0.15) is 13.2 Å². The Hall–Kier alpha value is -7.45. The molecule has 30 heteroatoms. The maximum Gasteiger partial charge on any atom is 0.501 e. The Balaban J connectivity index is 0.599. The minimum Gasteiger partial charge on any atom is -0.380 e. The van der Waals surface area contributed by atoms with Crippen LogP contribution in [-0.4, -0.2) is 235 Å². The second-order valence-electron chi connectivity index (χ2n) is 32.7. The molecule has 1 unspecified atom stereocenters. The number of carbonyl (C=O) groups excluding carboxylic acids is 5. The van der Waals surface area contributed by atoms with Crippen molar-refractivity contribution < 1.29 is 58.7 Å². The number of benzene rings is 5. The normalized spacial score (nSPS) is 19.3. The Kier molecular flexibility index (Phi) is 30.6. The molecule has 5 aliphatic rings. The minimum absolute atomic E-state index is 0.00806. The molecule has 624 valence electrons. The average Bonchev–Trinajstić information content (AvgIpc) is 1.32. The number of nitrogens with zero attached hydrogens (tertiary/aromatic N) is 8. The summed E-state index contributed by atoms with van der Waals surface area (Å²) in [6, 6.07) is 32.2. The van der Waals surface area contributed by atoms with Gasteiger partial charge >= 0.3 is 5.51 Å². The van der Waals surface area contributed by atoms with E-state index in [-0.39, 0.29) is 47.1 Å². The number of nitrogens with one attached hydrogen (secondary N) is 4. The number of aromatic nitrogens is 1. The highest BCUT2D eigenvalue weighted by atomic mass is 35.5. The van der Waals surface area contributed by atoms with Gasteiger partial charge in [-0.1, -0.05) is 112 Å². The van der Waals surface area contributed by atoms with Gasteiger partial charge in [-0.25, -0.2) is 26.5 Å². The summed E-state index contributed by atoms with van der Waals surface area (Å²) in [6.45, 7) is 24.8. The zero-order valence-electron chi connectivity index (χ0n) is 67.2. The van der Waals surface area contributed by atoms with Crippen LogP contribution in [0.2, 0.25) is 5.02 Å². The lowest BCUT2D eigenvalue weighted by atomic mass is 9.71. The van der Waals surface area contributed by atoms with Crippen molar-refractivity contribution in [3.8, 4) is 10.4 Å². The SMILES string of the molecule is Cc1ncsc1-c1ccc([C@H](C)NC(=O)[C@@H]2CCCN2C(=O)[C@@H](NC(=O)CCCCCCC(=O)N2CCN(CCN(C)CC3(C)CCC(c4ccc(Cl)cc4)=C(CN4CCN(c5ccc(C(=O)NS(=O)(=O)c6ccc(N[C@H](CCN7CCOCC7)CSc7ccccc7)c(S(=O)(=O)C(F)(F)F)c6)cc5)CC4)C3)CC2)C(C)(C)C)cc1. The lowest BCUT2D eigenvalue weighted by molar-refractivity contribution is -0.144. The number of likely N-dealkylation sites (tertiary alicyclic amines) is 1. The van der Waals surface area contributed by atoms with Crippen LogP contribution in [0.4, 0.5) is 24.5 Å². The number of thiazole rings is 1. The number of unbranched alkanes of at least 4 members (excludes halogenated alkanes) is 3. The van der Waals surface area contributed by atoms with Crippen molar-refractivity contribution in [2.45, 2.75) is 163 Å². The van der Waals surface area contributed by atoms with E-state index in [0.29, 0.717) is 115 Å². The van der Waals surface area contributed by atoms with Crippen molar-refractivity contribution in [2.75, 3.05) is 141 Å². The third-order valence-corrected chi connectivity index (χ3v) is 28.1. The van der Waals surface area contributed by atoms with Crippen LogP contribution in [0.15, 0.2) is 147 Å². The summed E-state index contributed by atoms with van der Waals surface area (Å²) in [5, 5.41) is 9.87. The Labute approximate surface area is 690 Å². The number of halogens is 4. The van der Waals surface area contributed by atoms with Crippen LogP contribution in [0.25, 0.3) is 16.0 Å². The van der Waals surface area contributed by atoms with Crippen LogP contribution < -0.4 is 25.6 Å². The van der Waals surface area contributed by atoms with Crippen molar-refractivity contribution in [2.24, 2.45) is 10.8 Å². The molecule has 4 saturated heterocycles. The summed E-state index contributed by atoms with van der Waals surface area (Å²) in [5.74, 6) is -1.19. The van der Waals surface area contributed by atoms with Gasteiger partial charge in [0, 0.05) is 151 Å². The van der Waals surface area contributed by atoms with E-state index in [4.69, 9.17) is 16.3 Å². The number of piperazine rings is 2. The van der Waals surface area contributed by atoms with Gasteiger partial charge in [0.15, 0.2) is 0 Å². The smallest absolute Gasteiger partial charge is 0.380 e. The number of anilines is 2. The van der Waals surface area contributed by atoms with E-state index in [0.717, 1.165) is 135 Å². The van der Waals surface area contributed by atoms with Crippen molar-refractivity contribution in [1.82, 2.24) is 49.7 Å². The van der Waals surface area contributed by atoms with E-state index in [9.17, 15) is 54.0 Å². The van der Waals surface area contributed by atoms with Gasteiger partial charge < -0.3 is 40.3 Å². The number of alkyl halides is 3. The van der Waals surface area contributed by atoms with E-state index >= 15 is 0 Å². The van der Waals surface area contributed by atoms with Crippen LogP contribution in [0.5, 0.6) is 0 Å². The molecule has 11 rings (SSSR count). The van der Waals surface area contributed by atoms with E-state index in [2.05, 4.69) is 71.5 Å². The highest BCUT2D eigenvalue weighted by molar-refractivity contribution is 7.99. The summed E-state index contributed by atoms with van der Waals surface area (Å²) in [5.41, 5.74) is 2.77. The number of ether oxygens (including phenoxy) is 1. The second-order valence-corrected chi connectivity index (χ2v) is 38.7. The van der Waals surface area contributed by atoms with E-state index in [1.54, 1.807) is 28.4 Å². The predicted octanol–water partition coefficient (Wildman–Crippen LogP) is 13.1. The number of sulfone groups is 1. The Morgan fingerprint density at radius 1 is 0.765 bits per heavy atom. The molecule has 1 aliphatic carbocycles. The zero-order chi connectivity index (χ0) is 82.2. The minimum atomic E-state index is -6.10. The number of thioether (sulfide) groups is 1. The van der Waals surface area contributed by atoms with Crippen molar-refractivity contribution in [3.05, 3.63) is 160 Å². The number of morpholine rings is 1. The fourth-order valence-electron chi connectivity index (χ4n) is 16.1. The lowest BCUT2D eigenvalue weighted by Gasteiger charge is -2.42. The molecule has 0 radical (unpaired) electrons. The molecule has 1 aromatic heterocycles. The number of amides is 5. The summed E-state index contributed by atoms with van der Waals surface area (Å²) >= 11 is 9.44. The number of likely N-dealkylation sites (N-methyl/N-ethyl adjacent to an activating group) is 1. The van der Waals surface area contributed by atoms with Crippen LogP contribution in [0, 0.1) is 17.8 Å². The molecule has 4 aliphatic heterocycles. The van der Waals surface area contributed by atoms with Gasteiger partial charge in [0.25, 0.3) is 25.8 Å². The summed E-state index contributed by atoms with van der Waals surface area (Å²) < 4.78 is 105. The van der Waals surface area contributed by atoms with Gasteiger partial charge in [0.2, 0.25) is 23.6 Å². The summed E-state index contributed by atoms with van der Waals surface area (Å²) in [6.07, 6.45) is 8.21. The van der Waals surface area contributed by atoms with E-state index in [1.807, 2.05) is 116 Å². The molecule has 6 aromatic rings. The maximum absolute atomic E-state index is 14.4. The summed E-state index contributed by atoms with van der Waals surface area (Å²) in [7, 11) is -8.81. The molecule has 0 bridgehead atoms. The number of aryl methyl sites for hydroxylation is 1. The van der Waals surface area contributed by atoms with E-state index in [1.165, 1.54) is 40.6 Å². The third-order valence-electron chi connectivity index (χ3n) is 22.8. The molecular formula is C85H112ClF3N12O10S4. The number of sulfonamides is 1. The van der Waals surface area contributed by atoms with Crippen molar-refractivity contribution in [1.29, 1.82) is 0 Å². The van der Waals surface area contributed by atoms with Gasteiger partial charge in [-0.3, -0.25) is 38.7 Å². The van der Waals surface area contributed by atoms with Crippen LogP contribution in [0.1, 0.15) is 145 Å². The number of rotatable bonds is 34. The van der Waals surface area contributed by atoms with Crippen molar-refractivity contribution >= 4 is 101 Å². The average molecular weight is 1680 g/mol. The molecule has 5 aromatic carbocycles. The van der Waals surface area contributed by atoms with Crippen LogP contribution in [-0.2, 0) is 43.8 Å². The van der Waals surface area contributed by atoms with Gasteiger partial charge in [0.1, 0.15) is 17.0 Å². The molecule has 115 heavy (non-hydrogen) atoms. The topological polar surface area (TPSA) is 247 Å². The number of hydrogen-bond donors (Lipinski definition) is 4. The Morgan fingerprint density at radius 3 is 2.09 bits per heavy atom. The first-order valence-electron chi connectivity index (χ1n) is 40.2. The lowest BCUT2D eigenvalue weighted by Crippen LogP contribution is -2.57. The standard InChI is InChI=1S/C85H112ClF3N12O10S4/c1-60(62-21-23-64(24-22-62)78-61(2)90-59-113-78)91-81(105)74-18-15-38-101(74)82(106)79(83(3,4)5)93-76(102)19-13-8-9-14-20-77(103)100-48-42-97(43-49-100)41-40-95(7)58-84(6)37-35-72(63-25-29-67(86)30-26-63)66(55-84)56-98-44-46-99(47-45-98)69-31-27-65(28-32-69)80(104)94-115(109,110)71-33-34-73(75(54-71)114(107,108)85(87,88)89)92-68(36-39-96-50-52-111-53-51-96)57-112-70-16-11-10-12-17-70/h10-12,16-17,21-34,54,59-60,68,74,79,92H,8-9,13-15,18-20,35-53,55-58H2,1-7H3,(H,91,105)(H,93,102)(H,94,104)/t60-,68+,74-,79+,84?/m0/s1. The molecular weight excluding hydrogens is 1570 g/mol. The molecule has 5 atom stereocenters. The fourth-order valence-corrected chi connectivity index (χ4v) is 20.1. The quantitative estimate of drug-likeness (QED) is 0.0217.